The van der Waals surface area contributed by atoms with Gasteiger partial charge >= 0.3 is 0 Å². The van der Waals surface area contributed by atoms with Crippen LogP contribution in [0.15, 0.2) is 12.3 Å². The molecule has 4 heteroatoms. The van der Waals surface area contributed by atoms with E-state index in [-0.39, 0.29) is 0 Å². The predicted molar refractivity (Wildman–Crippen MR) is 77.3 cm³/mol. The second kappa shape index (κ2) is 6.95. The molecule has 0 atom stereocenters. The Kier molecular flexibility index (Phi) is 5.26. The summed E-state index contributed by atoms with van der Waals surface area (Å²) in [5.74, 6) is 1.08. The van der Waals surface area contributed by atoms with E-state index >= 15 is 0 Å². The van der Waals surface area contributed by atoms with E-state index in [4.69, 9.17) is 11.6 Å². The molecule has 0 aromatic carbocycles. The minimum Gasteiger partial charge on any atom is -0.357 e. The van der Waals surface area contributed by atoms with Crippen molar-refractivity contribution in [3.63, 3.8) is 0 Å². The van der Waals surface area contributed by atoms with Crippen LogP contribution in [0.25, 0.3) is 0 Å². The van der Waals surface area contributed by atoms with Gasteiger partial charge < -0.3 is 10.2 Å². The van der Waals surface area contributed by atoms with Crippen LogP contribution in [0.3, 0.4) is 0 Å². The Hall–Kier alpha value is -0.800. The lowest BCUT2D eigenvalue weighted by Crippen LogP contribution is -2.25. The molecule has 100 valence electrons. The van der Waals surface area contributed by atoms with E-state index in [0.29, 0.717) is 0 Å². The zero-order valence-electron chi connectivity index (χ0n) is 11.1. The summed E-state index contributed by atoms with van der Waals surface area (Å²) >= 11 is 6.18. The summed E-state index contributed by atoms with van der Waals surface area (Å²) in [6.45, 7) is 6.12. The van der Waals surface area contributed by atoms with Crippen LogP contribution >= 0.6 is 11.6 Å². The van der Waals surface area contributed by atoms with Gasteiger partial charge in [-0.15, -0.1) is 0 Å². The van der Waals surface area contributed by atoms with Gasteiger partial charge in [0.05, 0.1) is 5.02 Å². The molecule has 2 heterocycles. The largest absolute Gasteiger partial charge is 0.357 e. The van der Waals surface area contributed by atoms with Gasteiger partial charge in [-0.05, 0) is 31.0 Å². The fraction of sp³-hybridized carbons (Fsp3) is 0.643. The van der Waals surface area contributed by atoms with Crippen molar-refractivity contribution in [2.24, 2.45) is 0 Å². The van der Waals surface area contributed by atoms with Gasteiger partial charge in [0.15, 0.2) is 0 Å². The molecule has 0 aliphatic carbocycles. The average Bonchev–Trinajstić information content (AvgIpc) is 2.67. The molecule has 1 aromatic heterocycles. The molecule has 1 N–H and O–H groups in total. The van der Waals surface area contributed by atoms with Crippen LogP contribution < -0.4 is 10.2 Å². The van der Waals surface area contributed by atoms with E-state index in [0.717, 1.165) is 42.6 Å². The van der Waals surface area contributed by atoms with E-state index in [2.05, 4.69) is 28.2 Å². The van der Waals surface area contributed by atoms with Crippen molar-refractivity contribution in [2.75, 3.05) is 24.5 Å². The van der Waals surface area contributed by atoms with Crippen molar-refractivity contribution in [3.05, 3.63) is 22.8 Å². The zero-order chi connectivity index (χ0) is 12.8. The van der Waals surface area contributed by atoms with Crippen LogP contribution in [-0.4, -0.2) is 24.6 Å². The highest BCUT2D eigenvalue weighted by Crippen LogP contribution is 2.22. The maximum atomic E-state index is 6.18. The monoisotopic (exact) mass is 267 g/mol. The number of aromatic nitrogens is 1. The molecular weight excluding hydrogens is 246 g/mol. The Balaban J connectivity index is 2.11. The minimum absolute atomic E-state index is 0.759. The minimum atomic E-state index is 0.759. The Bertz CT molecular complexity index is 373. The summed E-state index contributed by atoms with van der Waals surface area (Å²) in [5.41, 5.74) is 1.15. The molecule has 2 rings (SSSR count). The number of hydrogen-bond acceptors (Lipinski definition) is 3. The van der Waals surface area contributed by atoms with Crippen LogP contribution in [0, 0.1) is 0 Å². The topological polar surface area (TPSA) is 28.2 Å². The van der Waals surface area contributed by atoms with Crippen LogP contribution in [-0.2, 0) is 6.54 Å². The van der Waals surface area contributed by atoms with Gasteiger partial charge in [-0.3, -0.25) is 0 Å². The first kappa shape index (κ1) is 13.6. The molecule has 0 unspecified atom stereocenters. The third-order valence-electron chi connectivity index (χ3n) is 3.42. The van der Waals surface area contributed by atoms with Crippen LogP contribution in [0.1, 0.15) is 38.2 Å². The Morgan fingerprint density at radius 2 is 2.00 bits per heavy atom. The quantitative estimate of drug-likeness (QED) is 0.908. The van der Waals surface area contributed by atoms with Gasteiger partial charge in [0.25, 0.3) is 0 Å². The lowest BCUT2D eigenvalue weighted by Gasteiger charge is -2.22. The molecule has 1 aliphatic rings. The normalized spacial score (nSPS) is 16.7. The van der Waals surface area contributed by atoms with E-state index in [9.17, 15) is 0 Å². The van der Waals surface area contributed by atoms with Crippen molar-refractivity contribution in [3.8, 4) is 0 Å². The summed E-state index contributed by atoms with van der Waals surface area (Å²) in [5, 5.41) is 4.08. The van der Waals surface area contributed by atoms with Crippen LogP contribution in [0.2, 0.25) is 5.02 Å². The molecule has 18 heavy (non-hydrogen) atoms. The fourth-order valence-corrected chi connectivity index (χ4v) is 2.51. The van der Waals surface area contributed by atoms with Crippen molar-refractivity contribution >= 4 is 17.4 Å². The Morgan fingerprint density at radius 1 is 1.28 bits per heavy atom. The van der Waals surface area contributed by atoms with Crippen molar-refractivity contribution in [1.82, 2.24) is 10.3 Å². The highest BCUT2D eigenvalue weighted by molar-refractivity contribution is 6.31. The fourth-order valence-electron chi connectivity index (χ4n) is 2.34. The van der Waals surface area contributed by atoms with Gasteiger partial charge in [0.1, 0.15) is 5.82 Å². The van der Waals surface area contributed by atoms with Crippen molar-refractivity contribution < 1.29 is 0 Å². The van der Waals surface area contributed by atoms with Gasteiger partial charge in [-0.25, -0.2) is 4.98 Å². The lowest BCUT2D eigenvalue weighted by molar-refractivity contribution is 0.723. The van der Waals surface area contributed by atoms with Gasteiger partial charge in [0.2, 0.25) is 0 Å². The molecule has 1 saturated heterocycles. The van der Waals surface area contributed by atoms with Gasteiger partial charge in [0, 0.05) is 25.8 Å². The standard InChI is InChI=1S/C14H22ClN3/c1-2-16-10-12-9-14(17-11-13(12)15)18-7-5-3-4-6-8-18/h9,11,16H,2-8,10H2,1H3. The second-order valence-electron chi connectivity index (χ2n) is 4.82. The highest BCUT2D eigenvalue weighted by atomic mass is 35.5. The maximum Gasteiger partial charge on any atom is 0.128 e. The number of hydrogen-bond donors (Lipinski definition) is 1. The third kappa shape index (κ3) is 3.59. The molecule has 0 saturated carbocycles. The first-order valence-corrected chi connectivity index (χ1v) is 7.29. The predicted octanol–water partition coefficient (Wildman–Crippen LogP) is 3.22. The third-order valence-corrected chi connectivity index (χ3v) is 3.76. The number of rotatable bonds is 4. The summed E-state index contributed by atoms with van der Waals surface area (Å²) in [6, 6.07) is 2.14. The van der Waals surface area contributed by atoms with Gasteiger partial charge in [-0.1, -0.05) is 31.4 Å². The first-order valence-electron chi connectivity index (χ1n) is 6.91. The van der Waals surface area contributed by atoms with Crippen LogP contribution in [0.5, 0.6) is 0 Å². The Labute approximate surface area is 115 Å². The maximum absolute atomic E-state index is 6.18. The number of halogens is 1. The van der Waals surface area contributed by atoms with E-state index in [1.54, 1.807) is 6.20 Å². The molecule has 0 spiro atoms. The van der Waals surface area contributed by atoms with E-state index in [1.165, 1.54) is 25.7 Å². The Morgan fingerprint density at radius 3 is 2.67 bits per heavy atom. The molecule has 0 radical (unpaired) electrons. The van der Waals surface area contributed by atoms with Crippen LogP contribution in [0.4, 0.5) is 5.82 Å². The lowest BCUT2D eigenvalue weighted by atomic mass is 10.2. The second-order valence-corrected chi connectivity index (χ2v) is 5.22. The average molecular weight is 268 g/mol. The molecule has 0 amide bonds. The number of anilines is 1. The van der Waals surface area contributed by atoms with Crippen molar-refractivity contribution in [2.45, 2.75) is 39.2 Å². The number of nitrogens with zero attached hydrogens (tertiary/aromatic N) is 2. The highest BCUT2D eigenvalue weighted by Gasteiger charge is 2.12. The first-order chi connectivity index (χ1) is 8.81. The van der Waals surface area contributed by atoms with E-state index < -0.39 is 0 Å². The molecule has 3 nitrogen and oxygen atoms in total. The molecule has 1 fully saturated rings. The summed E-state index contributed by atoms with van der Waals surface area (Å²) < 4.78 is 0. The SMILES string of the molecule is CCNCc1cc(N2CCCCCC2)ncc1Cl. The molecular formula is C14H22ClN3. The summed E-state index contributed by atoms with van der Waals surface area (Å²) in [6.07, 6.45) is 7.01. The molecule has 1 aromatic rings. The number of nitrogens with one attached hydrogen (secondary N) is 1. The molecule has 1 aliphatic heterocycles. The van der Waals surface area contributed by atoms with Crippen molar-refractivity contribution in [1.29, 1.82) is 0 Å². The van der Waals surface area contributed by atoms with Gasteiger partial charge in [-0.2, -0.15) is 0 Å². The van der Waals surface area contributed by atoms with E-state index in [1.807, 2.05) is 0 Å². The number of pyridine rings is 1. The summed E-state index contributed by atoms with van der Waals surface area (Å²) in [7, 11) is 0. The zero-order valence-corrected chi connectivity index (χ0v) is 11.8. The molecule has 0 bridgehead atoms. The summed E-state index contributed by atoms with van der Waals surface area (Å²) in [4.78, 5) is 6.87. The smallest absolute Gasteiger partial charge is 0.128 e.